The zero-order chi connectivity index (χ0) is 13.9. The Labute approximate surface area is 117 Å². The second-order valence-electron chi connectivity index (χ2n) is 5.36. The minimum absolute atomic E-state index is 0.0529. The number of likely N-dealkylation sites (tertiary alicyclic amines) is 1. The summed E-state index contributed by atoms with van der Waals surface area (Å²) >= 11 is 0. The summed E-state index contributed by atoms with van der Waals surface area (Å²) in [6, 6.07) is 0. The molecule has 0 aliphatic carbocycles. The van der Waals surface area contributed by atoms with E-state index in [0.29, 0.717) is 13.0 Å². The van der Waals surface area contributed by atoms with E-state index in [-0.39, 0.29) is 5.97 Å². The lowest BCUT2D eigenvalue weighted by Gasteiger charge is -2.31. The normalized spacial score (nSPS) is 17.6. The van der Waals surface area contributed by atoms with Gasteiger partial charge in [-0.05, 0) is 58.2 Å². The van der Waals surface area contributed by atoms with Gasteiger partial charge in [-0.25, -0.2) is 0 Å². The van der Waals surface area contributed by atoms with Crippen molar-refractivity contribution in [3.05, 3.63) is 0 Å². The first kappa shape index (κ1) is 16.4. The summed E-state index contributed by atoms with van der Waals surface area (Å²) in [7, 11) is 1.79. The van der Waals surface area contributed by atoms with E-state index < -0.39 is 0 Å². The van der Waals surface area contributed by atoms with Crippen LogP contribution in [0.15, 0.2) is 0 Å². The fraction of sp³-hybridized carbons (Fsp3) is 0.933. The summed E-state index contributed by atoms with van der Waals surface area (Å²) in [6.45, 7) is 6.83. The zero-order valence-corrected chi connectivity index (χ0v) is 12.5. The Bertz CT molecular complexity index is 238. The maximum absolute atomic E-state index is 11.2. The predicted octanol–water partition coefficient (Wildman–Crippen LogP) is 2.47. The summed E-state index contributed by atoms with van der Waals surface area (Å²) in [6.07, 6.45) is 6.36. The molecule has 0 radical (unpaired) electrons. The van der Waals surface area contributed by atoms with Crippen molar-refractivity contribution in [1.29, 1.82) is 0 Å². The Balaban J connectivity index is 1.95. The molecule has 0 bridgehead atoms. The highest BCUT2D eigenvalue weighted by atomic mass is 16.5. The van der Waals surface area contributed by atoms with Gasteiger partial charge in [-0.15, -0.1) is 0 Å². The minimum Gasteiger partial charge on any atom is -0.466 e. The Morgan fingerprint density at radius 3 is 2.58 bits per heavy atom. The standard InChI is InChI=1S/C15H29NO3/c1-3-19-15(17)7-5-4-6-10-16-11-8-14(9-12-16)13-18-2/h14H,3-13H2,1-2H3. The van der Waals surface area contributed by atoms with Crippen LogP contribution in [0.4, 0.5) is 0 Å². The van der Waals surface area contributed by atoms with Crippen molar-refractivity contribution in [2.45, 2.75) is 45.4 Å². The van der Waals surface area contributed by atoms with Gasteiger partial charge in [-0.3, -0.25) is 4.79 Å². The highest BCUT2D eigenvalue weighted by molar-refractivity contribution is 5.69. The lowest BCUT2D eigenvalue weighted by Crippen LogP contribution is -2.35. The molecule has 0 N–H and O–H groups in total. The second kappa shape index (κ2) is 10.2. The van der Waals surface area contributed by atoms with Gasteiger partial charge in [0.2, 0.25) is 0 Å². The van der Waals surface area contributed by atoms with Gasteiger partial charge in [0.1, 0.15) is 0 Å². The molecule has 0 aromatic rings. The number of esters is 1. The molecule has 0 atom stereocenters. The smallest absolute Gasteiger partial charge is 0.305 e. The van der Waals surface area contributed by atoms with E-state index in [9.17, 15) is 4.79 Å². The minimum atomic E-state index is -0.0529. The van der Waals surface area contributed by atoms with E-state index in [0.717, 1.165) is 25.4 Å². The number of piperidine rings is 1. The van der Waals surface area contributed by atoms with Gasteiger partial charge in [0.25, 0.3) is 0 Å². The third-order valence-corrected chi connectivity index (χ3v) is 3.77. The predicted molar refractivity (Wildman–Crippen MR) is 76.1 cm³/mol. The van der Waals surface area contributed by atoms with E-state index in [4.69, 9.17) is 9.47 Å². The fourth-order valence-corrected chi connectivity index (χ4v) is 2.63. The molecule has 0 aromatic carbocycles. The van der Waals surface area contributed by atoms with Crippen LogP contribution in [0.5, 0.6) is 0 Å². The monoisotopic (exact) mass is 271 g/mol. The molecule has 1 rings (SSSR count). The van der Waals surface area contributed by atoms with Crippen LogP contribution >= 0.6 is 0 Å². The van der Waals surface area contributed by atoms with Crippen LogP contribution in [-0.2, 0) is 14.3 Å². The molecule has 1 heterocycles. The number of methoxy groups -OCH3 is 1. The van der Waals surface area contributed by atoms with Crippen molar-refractivity contribution >= 4 is 5.97 Å². The van der Waals surface area contributed by atoms with Gasteiger partial charge in [0.15, 0.2) is 0 Å². The van der Waals surface area contributed by atoms with Gasteiger partial charge in [-0.2, -0.15) is 0 Å². The lowest BCUT2D eigenvalue weighted by molar-refractivity contribution is -0.143. The van der Waals surface area contributed by atoms with Crippen molar-refractivity contribution in [1.82, 2.24) is 4.90 Å². The molecule has 1 saturated heterocycles. The topological polar surface area (TPSA) is 38.8 Å². The number of carbonyl (C=O) groups excluding carboxylic acids is 1. The van der Waals surface area contributed by atoms with Gasteiger partial charge in [-0.1, -0.05) is 6.42 Å². The van der Waals surface area contributed by atoms with E-state index in [2.05, 4.69) is 4.90 Å². The Kier molecular flexibility index (Phi) is 8.84. The number of hydrogen-bond donors (Lipinski definition) is 0. The number of carbonyl (C=O) groups is 1. The average molecular weight is 271 g/mol. The van der Waals surface area contributed by atoms with E-state index in [1.54, 1.807) is 7.11 Å². The van der Waals surface area contributed by atoms with E-state index in [1.165, 1.54) is 38.9 Å². The second-order valence-corrected chi connectivity index (χ2v) is 5.36. The fourth-order valence-electron chi connectivity index (χ4n) is 2.63. The molecule has 0 amide bonds. The molecule has 19 heavy (non-hydrogen) atoms. The van der Waals surface area contributed by atoms with Gasteiger partial charge >= 0.3 is 5.97 Å². The van der Waals surface area contributed by atoms with Crippen LogP contribution in [0.3, 0.4) is 0 Å². The van der Waals surface area contributed by atoms with Crippen LogP contribution in [-0.4, -0.2) is 50.8 Å². The molecule has 1 aliphatic rings. The van der Waals surface area contributed by atoms with Crippen LogP contribution in [0.25, 0.3) is 0 Å². The summed E-state index contributed by atoms with van der Waals surface area (Å²) in [5, 5.41) is 0. The molecule has 1 fully saturated rings. The number of ether oxygens (including phenoxy) is 2. The molecular formula is C15H29NO3. The highest BCUT2D eigenvalue weighted by Crippen LogP contribution is 2.17. The Hall–Kier alpha value is -0.610. The molecule has 112 valence electrons. The van der Waals surface area contributed by atoms with Crippen LogP contribution in [0.2, 0.25) is 0 Å². The van der Waals surface area contributed by atoms with Crippen molar-refractivity contribution in [2.75, 3.05) is 40.0 Å². The molecule has 1 aliphatic heterocycles. The van der Waals surface area contributed by atoms with Gasteiger partial charge in [0.05, 0.1) is 6.61 Å². The Morgan fingerprint density at radius 2 is 1.95 bits per heavy atom. The first-order valence-corrected chi connectivity index (χ1v) is 7.63. The van der Waals surface area contributed by atoms with Crippen molar-refractivity contribution in [3.63, 3.8) is 0 Å². The van der Waals surface area contributed by atoms with Gasteiger partial charge in [0, 0.05) is 20.1 Å². The molecule has 4 heteroatoms. The van der Waals surface area contributed by atoms with Crippen LogP contribution in [0.1, 0.15) is 45.4 Å². The van der Waals surface area contributed by atoms with Crippen LogP contribution < -0.4 is 0 Å². The first-order valence-electron chi connectivity index (χ1n) is 7.63. The van der Waals surface area contributed by atoms with Crippen molar-refractivity contribution < 1.29 is 14.3 Å². The number of nitrogens with zero attached hydrogens (tertiary/aromatic N) is 1. The average Bonchev–Trinajstić information content (AvgIpc) is 2.41. The lowest BCUT2D eigenvalue weighted by atomic mass is 9.97. The third kappa shape index (κ3) is 7.53. The molecule has 4 nitrogen and oxygen atoms in total. The Morgan fingerprint density at radius 1 is 1.21 bits per heavy atom. The molecule has 0 saturated carbocycles. The molecule has 0 spiro atoms. The van der Waals surface area contributed by atoms with Crippen molar-refractivity contribution in [2.24, 2.45) is 5.92 Å². The molecule has 0 aromatic heterocycles. The number of unbranched alkanes of at least 4 members (excludes halogenated alkanes) is 2. The SMILES string of the molecule is CCOC(=O)CCCCCN1CCC(COC)CC1. The summed E-state index contributed by atoms with van der Waals surface area (Å²) in [5.41, 5.74) is 0. The van der Waals surface area contributed by atoms with Crippen molar-refractivity contribution in [3.8, 4) is 0 Å². The zero-order valence-electron chi connectivity index (χ0n) is 12.5. The summed E-state index contributed by atoms with van der Waals surface area (Å²) in [5.74, 6) is 0.702. The van der Waals surface area contributed by atoms with E-state index >= 15 is 0 Å². The quantitative estimate of drug-likeness (QED) is 0.477. The van der Waals surface area contributed by atoms with Gasteiger partial charge < -0.3 is 14.4 Å². The highest BCUT2D eigenvalue weighted by Gasteiger charge is 2.18. The maximum Gasteiger partial charge on any atom is 0.305 e. The van der Waals surface area contributed by atoms with E-state index in [1.807, 2.05) is 6.92 Å². The number of hydrogen-bond acceptors (Lipinski definition) is 4. The summed E-state index contributed by atoms with van der Waals surface area (Å²) < 4.78 is 10.1. The van der Waals surface area contributed by atoms with Crippen LogP contribution in [0, 0.1) is 5.92 Å². The molecule has 0 unspecified atom stereocenters. The number of rotatable bonds is 9. The maximum atomic E-state index is 11.2. The largest absolute Gasteiger partial charge is 0.466 e. The molecular weight excluding hydrogens is 242 g/mol. The summed E-state index contributed by atoms with van der Waals surface area (Å²) in [4.78, 5) is 13.7. The third-order valence-electron chi connectivity index (χ3n) is 3.77. The first-order chi connectivity index (χ1) is 9.26.